The van der Waals surface area contributed by atoms with Crippen molar-refractivity contribution >= 4 is 9.84 Å². The Morgan fingerprint density at radius 1 is 1.41 bits per heavy atom. The van der Waals surface area contributed by atoms with Gasteiger partial charge in [0, 0.05) is 12.0 Å². The van der Waals surface area contributed by atoms with E-state index >= 15 is 0 Å². The van der Waals surface area contributed by atoms with Crippen LogP contribution in [-0.2, 0) is 9.84 Å². The molecule has 100 valence electrons. The van der Waals surface area contributed by atoms with Crippen LogP contribution in [0.25, 0.3) is 0 Å². The third-order valence-corrected chi connectivity index (χ3v) is 6.75. The third-order valence-electron chi connectivity index (χ3n) is 4.94. The minimum atomic E-state index is -3.01. The molecule has 0 amide bonds. The van der Waals surface area contributed by atoms with Crippen LogP contribution < -0.4 is 5.73 Å². The monoisotopic (exact) mass is 261 g/mol. The van der Waals surface area contributed by atoms with Crippen molar-refractivity contribution < 1.29 is 13.5 Å². The zero-order valence-corrected chi connectivity index (χ0v) is 11.3. The fourth-order valence-electron chi connectivity index (χ4n) is 3.59. The first-order valence-electron chi connectivity index (χ1n) is 6.49. The third kappa shape index (κ3) is 2.13. The van der Waals surface area contributed by atoms with Crippen molar-refractivity contribution in [2.24, 2.45) is 17.1 Å². The summed E-state index contributed by atoms with van der Waals surface area (Å²) in [7, 11) is -3.01. The summed E-state index contributed by atoms with van der Waals surface area (Å²) in [6.45, 7) is 2.40. The van der Waals surface area contributed by atoms with Gasteiger partial charge in [-0.25, -0.2) is 8.42 Å². The lowest BCUT2D eigenvalue weighted by molar-refractivity contribution is -0.0651. The van der Waals surface area contributed by atoms with E-state index in [0.29, 0.717) is 18.8 Å². The Labute approximate surface area is 104 Å². The van der Waals surface area contributed by atoms with E-state index in [1.165, 1.54) is 0 Å². The molecular formula is C12H23NO3S. The minimum Gasteiger partial charge on any atom is -0.389 e. The topological polar surface area (TPSA) is 80.4 Å². The van der Waals surface area contributed by atoms with E-state index in [2.05, 4.69) is 6.92 Å². The van der Waals surface area contributed by atoms with Crippen molar-refractivity contribution in [3.63, 3.8) is 0 Å². The summed E-state index contributed by atoms with van der Waals surface area (Å²) in [6, 6.07) is 0. The predicted molar refractivity (Wildman–Crippen MR) is 67.3 cm³/mol. The maximum absolute atomic E-state index is 11.7. The molecule has 3 unspecified atom stereocenters. The molecule has 4 nitrogen and oxygen atoms in total. The first-order chi connectivity index (χ1) is 7.86. The highest BCUT2D eigenvalue weighted by Gasteiger charge is 2.57. The molecule has 0 radical (unpaired) electrons. The molecular weight excluding hydrogens is 238 g/mol. The highest BCUT2D eigenvalue weighted by molar-refractivity contribution is 7.91. The second-order valence-corrected chi connectivity index (χ2v) is 8.06. The molecule has 17 heavy (non-hydrogen) atoms. The van der Waals surface area contributed by atoms with E-state index < -0.39 is 20.9 Å². The number of sulfone groups is 1. The Bertz CT molecular complexity index is 395. The van der Waals surface area contributed by atoms with Gasteiger partial charge in [-0.1, -0.05) is 13.3 Å². The molecule has 2 aliphatic rings. The van der Waals surface area contributed by atoms with Crippen LogP contribution in [0, 0.1) is 11.3 Å². The molecule has 1 saturated carbocycles. The quantitative estimate of drug-likeness (QED) is 0.783. The summed E-state index contributed by atoms with van der Waals surface area (Å²) in [5.74, 6) is 0.777. The van der Waals surface area contributed by atoms with Gasteiger partial charge in [0.25, 0.3) is 0 Å². The molecule has 0 spiro atoms. The molecule has 2 rings (SSSR count). The van der Waals surface area contributed by atoms with Crippen molar-refractivity contribution in [2.75, 3.05) is 18.1 Å². The van der Waals surface area contributed by atoms with E-state index in [-0.39, 0.29) is 18.1 Å². The highest BCUT2D eigenvalue weighted by Crippen LogP contribution is 2.51. The maximum Gasteiger partial charge on any atom is 0.151 e. The Morgan fingerprint density at radius 3 is 2.53 bits per heavy atom. The Kier molecular flexibility index (Phi) is 3.30. The lowest BCUT2D eigenvalue weighted by Gasteiger charge is -2.41. The van der Waals surface area contributed by atoms with Gasteiger partial charge in [0.2, 0.25) is 0 Å². The van der Waals surface area contributed by atoms with Gasteiger partial charge in [-0.2, -0.15) is 0 Å². The summed E-state index contributed by atoms with van der Waals surface area (Å²) in [5, 5.41) is 10.8. The molecule has 1 heterocycles. The number of aliphatic hydroxyl groups is 1. The maximum atomic E-state index is 11.7. The summed E-state index contributed by atoms with van der Waals surface area (Å²) in [4.78, 5) is 0. The number of rotatable bonds is 3. The standard InChI is InChI=1S/C12H23NO3S/c1-2-10-3-4-12(14,7-10)11(8-13)5-6-17(15,16)9-11/h10,14H,2-9,13H2,1H3. The van der Waals surface area contributed by atoms with E-state index in [0.717, 1.165) is 19.3 Å². The van der Waals surface area contributed by atoms with Crippen LogP contribution in [0.1, 0.15) is 39.0 Å². The fourth-order valence-corrected chi connectivity index (χ4v) is 5.81. The predicted octanol–water partition coefficient (Wildman–Crippen LogP) is 0.691. The molecule has 3 atom stereocenters. The molecule has 0 aromatic carbocycles. The van der Waals surface area contributed by atoms with Crippen LogP contribution in [0.5, 0.6) is 0 Å². The Morgan fingerprint density at radius 2 is 2.12 bits per heavy atom. The lowest BCUT2D eigenvalue weighted by atomic mass is 9.70. The smallest absolute Gasteiger partial charge is 0.151 e. The van der Waals surface area contributed by atoms with Crippen molar-refractivity contribution in [3.05, 3.63) is 0 Å². The zero-order chi connectivity index (χ0) is 12.7. The minimum absolute atomic E-state index is 0.0729. The SMILES string of the molecule is CCC1CCC(O)(C2(CN)CCS(=O)(=O)C2)C1. The lowest BCUT2D eigenvalue weighted by Crippen LogP contribution is -2.52. The zero-order valence-electron chi connectivity index (χ0n) is 10.5. The first kappa shape index (κ1) is 13.3. The molecule has 1 saturated heterocycles. The Balaban J connectivity index is 2.25. The first-order valence-corrected chi connectivity index (χ1v) is 8.31. The van der Waals surface area contributed by atoms with Gasteiger partial charge < -0.3 is 10.8 Å². The van der Waals surface area contributed by atoms with Crippen molar-refractivity contribution in [1.82, 2.24) is 0 Å². The van der Waals surface area contributed by atoms with E-state index in [1.54, 1.807) is 0 Å². The van der Waals surface area contributed by atoms with Gasteiger partial charge in [0.15, 0.2) is 9.84 Å². The number of nitrogens with two attached hydrogens (primary N) is 1. The summed E-state index contributed by atoms with van der Waals surface area (Å²) >= 11 is 0. The highest BCUT2D eigenvalue weighted by atomic mass is 32.2. The Hall–Kier alpha value is -0.130. The molecule has 0 aromatic rings. The number of hydrogen-bond donors (Lipinski definition) is 2. The van der Waals surface area contributed by atoms with Gasteiger partial charge in [0.1, 0.15) is 0 Å². The van der Waals surface area contributed by atoms with Crippen LogP contribution in [-0.4, -0.2) is 37.2 Å². The summed E-state index contributed by atoms with van der Waals surface area (Å²) in [5.41, 5.74) is 4.37. The molecule has 3 N–H and O–H groups in total. The molecule has 0 bridgehead atoms. The van der Waals surface area contributed by atoms with Gasteiger partial charge in [-0.15, -0.1) is 0 Å². The average molecular weight is 261 g/mol. The normalized spacial score (nSPS) is 45.2. The second kappa shape index (κ2) is 4.21. The fraction of sp³-hybridized carbons (Fsp3) is 1.00. The van der Waals surface area contributed by atoms with E-state index in [9.17, 15) is 13.5 Å². The van der Waals surface area contributed by atoms with Crippen LogP contribution >= 0.6 is 0 Å². The molecule has 0 aromatic heterocycles. The number of hydrogen-bond acceptors (Lipinski definition) is 4. The average Bonchev–Trinajstić information content (AvgIpc) is 2.81. The van der Waals surface area contributed by atoms with Crippen LogP contribution in [0.2, 0.25) is 0 Å². The van der Waals surface area contributed by atoms with Crippen molar-refractivity contribution in [2.45, 2.75) is 44.6 Å². The van der Waals surface area contributed by atoms with E-state index in [4.69, 9.17) is 5.73 Å². The molecule has 5 heteroatoms. The van der Waals surface area contributed by atoms with Crippen LogP contribution in [0.15, 0.2) is 0 Å². The van der Waals surface area contributed by atoms with Crippen LogP contribution in [0.4, 0.5) is 0 Å². The van der Waals surface area contributed by atoms with Gasteiger partial charge >= 0.3 is 0 Å². The largest absolute Gasteiger partial charge is 0.389 e. The van der Waals surface area contributed by atoms with Crippen molar-refractivity contribution in [3.8, 4) is 0 Å². The van der Waals surface area contributed by atoms with E-state index in [1.807, 2.05) is 0 Å². The summed E-state index contributed by atoms with van der Waals surface area (Å²) < 4.78 is 23.4. The molecule has 1 aliphatic heterocycles. The molecule has 1 aliphatic carbocycles. The van der Waals surface area contributed by atoms with Gasteiger partial charge in [0.05, 0.1) is 17.1 Å². The van der Waals surface area contributed by atoms with Gasteiger partial charge in [-0.05, 0) is 31.6 Å². The van der Waals surface area contributed by atoms with Gasteiger partial charge in [-0.3, -0.25) is 0 Å². The van der Waals surface area contributed by atoms with Crippen molar-refractivity contribution in [1.29, 1.82) is 0 Å². The molecule has 2 fully saturated rings. The van der Waals surface area contributed by atoms with Crippen LogP contribution in [0.3, 0.4) is 0 Å². The second-order valence-electron chi connectivity index (χ2n) is 5.88. The summed E-state index contributed by atoms with van der Waals surface area (Å²) in [6.07, 6.45) is 4.00.